The predicted molar refractivity (Wildman–Crippen MR) is 122 cm³/mol. The standard InChI is InChI=1S/C23H27ClFN5O4/c1-23(2,3)20(22(33)29-8-7-26-18(31)11-29)27-21(32)19-14-12-34-9-6-16(14)30(28-19)17-10-13(24)4-5-15(17)25/h4-5,10,20H,6-9,11-12H2,1-3H3,(H,26,31)(H,27,32)/t20-/m1/s1. The molecule has 4 rings (SSSR count). The average molecular weight is 492 g/mol. The van der Waals surface area contributed by atoms with E-state index in [0.717, 1.165) is 0 Å². The van der Waals surface area contributed by atoms with E-state index in [1.165, 1.54) is 27.8 Å². The number of piperazine rings is 1. The van der Waals surface area contributed by atoms with E-state index in [0.29, 0.717) is 42.4 Å². The van der Waals surface area contributed by atoms with Crippen LogP contribution in [0, 0.1) is 11.2 Å². The SMILES string of the molecule is CC(C)(C)[C@H](NC(=O)c1nn(-c2cc(Cl)ccc2F)c2c1COCC2)C(=O)N1CCNC(=O)C1. The van der Waals surface area contributed by atoms with Gasteiger partial charge in [0.1, 0.15) is 17.5 Å². The molecule has 2 aliphatic heterocycles. The van der Waals surface area contributed by atoms with E-state index in [1.54, 1.807) is 0 Å². The van der Waals surface area contributed by atoms with E-state index in [-0.39, 0.29) is 36.3 Å². The van der Waals surface area contributed by atoms with E-state index in [1.807, 2.05) is 20.8 Å². The molecule has 1 fully saturated rings. The van der Waals surface area contributed by atoms with Crippen LogP contribution in [0.25, 0.3) is 5.69 Å². The number of fused-ring (bicyclic) bond motifs is 1. The Morgan fingerprint density at radius 2 is 2.09 bits per heavy atom. The van der Waals surface area contributed by atoms with Gasteiger partial charge in [0.25, 0.3) is 5.91 Å². The van der Waals surface area contributed by atoms with Crippen LogP contribution in [0.4, 0.5) is 4.39 Å². The van der Waals surface area contributed by atoms with Crippen LogP contribution in [0.15, 0.2) is 18.2 Å². The first kappa shape index (κ1) is 24.2. The summed E-state index contributed by atoms with van der Waals surface area (Å²) >= 11 is 6.07. The highest BCUT2D eigenvalue weighted by molar-refractivity contribution is 6.30. The van der Waals surface area contributed by atoms with Gasteiger partial charge >= 0.3 is 0 Å². The largest absolute Gasteiger partial charge is 0.376 e. The van der Waals surface area contributed by atoms with Crippen LogP contribution in [0.1, 0.15) is 42.5 Å². The van der Waals surface area contributed by atoms with Gasteiger partial charge in [-0.25, -0.2) is 9.07 Å². The molecule has 1 aromatic heterocycles. The molecule has 0 saturated carbocycles. The Labute approximate surface area is 201 Å². The summed E-state index contributed by atoms with van der Waals surface area (Å²) < 4.78 is 21.5. The van der Waals surface area contributed by atoms with E-state index < -0.39 is 23.2 Å². The Morgan fingerprint density at radius 1 is 1.32 bits per heavy atom. The van der Waals surface area contributed by atoms with E-state index in [9.17, 15) is 18.8 Å². The van der Waals surface area contributed by atoms with Crippen LogP contribution in [0.3, 0.4) is 0 Å². The number of aromatic nitrogens is 2. The molecule has 9 nitrogen and oxygen atoms in total. The minimum Gasteiger partial charge on any atom is -0.376 e. The number of hydrogen-bond donors (Lipinski definition) is 2. The molecule has 2 aliphatic rings. The maximum atomic E-state index is 14.6. The Hall–Kier alpha value is -2.98. The summed E-state index contributed by atoms with van der Waals surface area (Å²) in [5.74, 6) is -1.69. The lowest BCUT2D eigenvalue weighted by Gasteiger charge is -2.36. The maximum absolute atomic E-state index is 14.6. The highest BCUT2D eigenvalue weighted by Crippen LogP contribution is 2.28. The zero-order valence-corrected chi connectivity index (χ0v) is 20.0. The van der Waals surface area contributed by atoms with Gasteiger partial charge in [-0.2, -0.15) is 5.10 Å². The van der Waals surface area contributed by atoms with Crippen LogP contribution in [-0.2, 0) is 27.4 Å². The van der Waals surface area contributed by atoms with Crippen molar-refractivity contribution < 1.29 is 23.5 Å². The molecule has 0 aliphatic carbocycles. The summed E-state index contributed by atoms with van der Waals surface area (Å²) in [5.41, 5.74) is 0.753. The predicted octanol–water partition coefficient (Wildman–Crippen LogP) is 1.84. The molecule has 0 unspecified atom stereocenters. The van der Waals surface area contributed by atoms with Crippen molar-refractivity contribution in [1.29, 1.82) is 0 Å². The molecule has 3 amide bonds. The second-order valence-corrected chi connectivity index (χ2v) is 9.90. The summed E-state index contributed by atoms with van der Waals surface area (Å²) in [6.07, 6.45) is 0.437. The number of nitrogens with one attached hydrogen (secondary N) is 2. The number of nitrogens with zero attached hydrogens (tertiary/aromatic N) is 3. The lowest BCUT2D eigenvalue weighted by atomic mass is 9.85. The van der Waals surface area contributed by atoms with Crippen molar-refractivity contribution in [2.45, 2.75) is 39.8 Å². The maximum Gasteiger partial charge on any atom is 0.272 e. The molecule has 0 radical (unpaired) electrons. The molecule has 34 heavy (non-hydrogen) atoms. The highest BCUT2D eigenvalue weighted by atomic mass is 35.5. The summed E-state index contributed by atoms with van der Waals surface area (Å²) in [6.45, 7) is 6.69. The van der Waals surface area contributed by atoms with Crippen molar-refractivity contribution in [3.63, 3.8) is 0 Å². The second kappa shape index (κ2) is 9.34. The Morgan fingerprint density at radius 3 is 2.79 bits per heavy atom. The minimum absolute atomic E-state index is 0.0623. The third-order valence-corrected chi connectivity index (χ3v) is 6.14. The average Bonchev–Trinajstić information content (AvgIpc) is 3.17. The second-order valence-electron chi connectivity index (χ2n) is 9.47. The number of carbonyl (C=O) groups excluding carboxylic acids is 3. The molecule has 0 bridgehead atoms. The van der Waals surface area contributed by atoms with E-state index in [2.05, 4.69) is 15.7 Å². The lowest BCUT2D eigenvalue weighted by Crippen LogP contribution is -2.59. The van der Waals surface area contributed by atoms with Crippen LogP contribution in [0.2, 0.25) is 5.02 Å². The number of ether oxygens (including phenoxy) is 1. The molecule has 1 saturated heterocycles. The Kier molecular flexibility index (Phi) is 6.64. The van der Waals surface area contributed by atoms with Gasteiger partial charge in [0.15, 0.2) is 5.69 Å². The molecule has 182 valence electrons. The van der Waals surface area contributed by atoms with Crippen molar-refractivity contribution in [2.75, 3.05) is 26.2 Å². The molecular weight excluding hydrogens is 465 g/mol. The van der Waals surface area contributed by atoms with Gasteiger partial charge < -0.3 is 20.3 Å². The van der Waals surface area contributed by atoms with Gasteiger partial charge in [0.2, 0.25) is 11.8 Å². The summed E-state index contributed by atoms with van der Waals surface area (Å²) in [4.78, 5) is 39.9. The third kappa shape index (κ3) is 4.78. The van der Waals surface area contributed by atoms with Crippen molar-refractivity contribution in [1.82, 2.24) is 25.3 Å². The van der Waals surface area contributed by atoms with E-state index >= 15 is 0 Å². The molecule has 2 N–H and O–H groups in total. The monoisotopic (exact) mass is 491 g/mol. The fourth-order valence-electron chi connectivity index (χ4n) is 4.12. The van der Waals surface area contributed by atoms with Crippen LogP contribution in [0.5, 0.6) is 0 Å². The first-order chi connectivity index (χ1) is 16.1. The first-order valence-corrected chi connectivity index (χ1v) is 11.4. The molecule has 3 heterocycles. The van der Waals surface area contributed by atoms with Crippen molar-refractivity contribution in [3.05, 3.63) is 46.0 Å². The van der Waals surface area contributed by atoms with Gasteiger partial charge in [-0.05, 0) is 23.6 Å². The van der Waals surface area contributed by atoms with Gasteiger partial charge in [0.05, 0.1) is 25.5 Å². The molecule has 0 spiro atoms. The van der Waals surface area contributed by atoms with Crippen molar-refractivity contribution in [2.24, 2.45) is 5.41 Å². The van der Waals surface area contributed by atoms with E-state index in [4.69, 9.17) is 16.3 Å². The number of benzene rings is 1. The van der Waals surface area contributed by atoms with Crippen LogP contribution in [-0.4, -0.2) is 64.7 Å². The molecular formula is C23H27ClFN5O4. The summed E-state index contributed by atoms with van der Waals surface area (Å²) in [6, 6.07) is 3.23. The smallest absolute Gasteiger partial charge is 0.272 e. The number of amides is 3. The van der Waals surface area contributed by atoms with Crippen LogP contribution >= 0.6 is 11.6 Å². The van der Waals surface area contributed by atoms with Crippen LogP contribution < -0.4 is 10.6 Å². The van der Waals surface area contributed by atoms with Gasteiger partial charge in [-0.15, -0.1) is 0 Å². The molecule has 11 heteroatoms. The Bertz CT molecular complexity index is 1140. The Balaban J connectivity index is 1.67. The normalized spacial score (nSPS) is 17.1. The minimum atomic E-state index is -0.904. The third-order valence-electron chi connectivity index (χ3n) is 5.91. The summed E-state index contributed by atoms with van der Waals surface area (Å²) in [7, 11) is 0. The van der Waals surface area contributed by atoms with Gasteiger partial charge in [-0.3, -0.25) is 14.4 Å². The highest BCUT2D eigenvalue weighted by Gasteiger charge is 2.38. The fraction of sp³-hybridized carbons (Fsp3) is 0.478. The summed E-state index contributed by atoms with van der Waals surface area (Å²) in [5, 5.41) is 10.3. The van der Waals surface area contributed by atoms with Crippen molar-refractivity contribution in [3.8, 4) is 5.69 Å². The molecule has 2 aromatic rings. The quantitative estimate of drug-likeness (QED) is 0.679. The molecule has 1 atom stereocenters. The fourth-order valence-corrected chi connectivity index (χ4v) is 4.29. The number of hydrogen-bond acceptors (Lipinski definition) is 5. The number of halogens is 2. The van der Waals surface area contributed by atoms with Gasteiger partial charge in [-0.1, -0.05) is 32.4 Å². The molecule has 1 aromatic carbocycles. The van der Waals surface area contributed by atoms with Crippen molar-refractivity contribution >= 4 is 29.3 Å². The zero-order chi connectivity index (χ0) is 24.6. The zero-order valence-electron chi connectivity index (χ0n) is 19.3. The van der Waals surface area contributed by atoms with Gasteiger partial charge in [0, 0.05) is 30.1 Å². The topological polar surface area (TPSA) is 106 Å². The number of carbonyl (C=O) groups is 3. The lowest BCUT2D eigenvalue weighted by molar-refractivity contribution is -0.141. The number of rotatable bonds is 4. The first-order valence-electron chi connectivity index (χ1n) is 11.1.